The molecule has 0 nitrogen and oxygen atoms in total. The van der Waals surface area contributed by atoms with Crippen molar-refractivity contribution < 1.29 is 0 Å². The molecule has 9 aromatic carbocycles. The summed E-state index contributed by atoms with van der Waals surface area (Å²) in [7, 11) is 0. The molecule has 0 bridgehead atoms. The van der Waals surface area contributed by atoms with Crippen LogP contribution in [-0.4, -0.2) is 0 Å². The summed E-state index contributed by atoms with van der Waals surface area (Å²) < 4.78 is 0. The van der Waals surface area contributed by atoms with Gasteiger partial charge in [-0.2, -0.15) is 0 Å². The molecule has 0 radical (unpaired) electrons. The lowest BCUT2D eigenvalue weighted by Crippen LogP contribution is -2.15. The summed E-state index contributed by atoms with van der Waals surface area (Å²) in [4.78, 5) is 0. The van der Waals surface area contributed by atoms with Gasteiger partial charge in [-0.25, -0.2) is 0 Å². The maximum atomic E-state index is 2.50. The van der Waals surface area contributed by atoms with Crippen LogP contribution in [0, 0.1) is 0 Å². The number of fused-ring (bicyclic) bond motifs is 8. The fraction of sp³-hybridized carbons (Fsp3) is 0.0612. The lowest BCUT2D eigenvalue weighted by Gasteiger charge is -2.25. The largest absolute Gasteiger partial charge is 0.0622 e. The first kappa shape index (κ1) is 28.1. The zero-order valence-corrected chi connectivity index (χ0v) is 27.7. The second kappa shape index (κ2) is 10.5. The van der Waals surface area contributed by atoms with Gasteiger partial charge in [0.25, 0.3) is 0 Å². The maximum Gasteiger partial charge on any atom is 0.0165 e. The Bertz CT molecular complexity index is 2720. The number of hydrogen-bond donors (Lipinski definition) is 0. The van der Waals surface area contributed by atoms with Crippen LogP contribution in [-0.2, 0) is 5.41 Å². The zero-order valence-electron chi connectivity index (χ0n) is 27.7. The van der Waals surface area contributed by atoms with Gasteiger partial charge in [0.15, 0.2) is 0 Å². The second-order valence-electron chi connectivity index (χ2n) is 14.0. The molecule has 0 unspecified atom stereocenters. The Labute approximate surface area is 286 Å². The van der Waals surface area contributed by atoms with Crippen molar-refractivity contribution in [2.75, 3.05) is 0 Å². The average Bonchev–Trinajstić information content (AvgIpc) is 3.39. The number of rotatable bonds is 3. The molecule has 0 aromatic heterocycles. The van der Waals surface area contributed by atoms with Gasteiger partial charge in [-0.3, -0.25) is 0 Å². The van der Waals surface area contributed by atoms with Crippen molar-refractivity contribution in [2.24, 2.45) is 0 Å². The Morgan fingerprint density at radius 3 is 1.51 bits per heavy atom. The summed E-state index contributed by atoms with van der Waals surface area (Å²) in [6.45, 7) is 4.77. The minimum Gasteiger partial charge on any atom is -0.0622 e. The molecule has 0 amide bonds. The molecular weight excluding hydrogens is 589 g/mol. The van der Waals surface area contributed by atoms with Gasteiger partial charge in [-0.05, 0) is 117 Å². The molecule has 0 spiro atoms. The Balaban J connectivity index is 1.26. The van der Waals surface area contributed by atoms with E-state index in [1.165, 1.54) is 98.7 Å². The van der Waals surface area contributed by atoms with E-state index in [0.717, 1.165) is 0 Å². The van der Waals surface area contributed by atoms with Gasteiger partial charge >= 0.3 is 0 Å². The van der Waals surface area contributed by atoms with E-state index in [9.17, 15) is 0 Å². The van der Waals surface area contributed by atoms with Crippen LogP contribution in [0.4, 0.5) is 0 Å². The first-order valence-corrected chi connectivity index (χ1v) is 17.3. The predicted molar refractivity (Wildman–Crippen MR) is 210 cm³/mol. The van der Waals surface area contributed by atoms with E-state index in [0.29, 0.717) is 0 Å². The van der Waals surface area contributed by atoms with Crippen molar-refractivity contribution in [3.8, 4) is 44.5 Å². The first-order chi connectivity index (χ1) is 24.1. The molecule has 1 aliphatic rings. The topological polar surface area (TPSA) is 0 Å². The van der Waals surface area contributed by atoms with Gasteiger partial charge in [-0.15, -0.1) is 0 Å². The van der Waals surface area contributed by atoms with Crippen molar-refractivity contribution in [3.63, 3.8) is 0 Å². The average molecular weight is 623 g/mol. The van der Waals surface area contributed by atoms with Gasteiger partial charge in [0.2, 0.25) is 0 Å². The Kier molecular flexibility index (Phi) is 6.02. The minimum atomic E-state index is -0.0734. The van der Waals surface area contributed by atoms with Gasteiger partial charge in [0, 0.05) is 5.41 Å². The SMILES string of the molecule is CC1(C)c2ccccc2-c2cc(-c3c4ccccc4c(-c4ccc5cc(-c6ccccc6)ccc5c4)c4ccccc34)c3ccccc3c21. The van der Waals surface area contributed by atoms with Crippen LogP contribution in [0.1, 0.15) is 25.0 Å². The summed E-state index contributed by atoms with van der Waals surface area (Å²) >= 11 is 0. The van der Waals surface area contributed by atoms with Crippen molar-refractivity contribution in [1.29, 1.82) is 0 Å². The summed E-state index contributed by atoms with van der Waals surface area (Å²) in [6, 6.07) is 63.1. The summed E-state index contributed by atoms with van der Waals surface area (Å²) in [6.07, 6.45) is 0. The van der Waals surface area contributed by atoms with Gasteiger partial charge in [0.05, 0.1) is 0 Å². The maximum absolute atomic E-state index is 2.50. The second-order valence-corrected chi connectivity index (χ2v) is 14.0. The molecule has 1 aliphatic carbocycles. The molecule has 0 atom stereocenters. The molecule has 49 heavy (non-hydrogen) atoms. The Morgan fingerprint density at radius 1 is 0.327 bits per heavy atom. The van der Waals surface area contributed by atoms with E-state index < -0.39 is 0 Å². The Hall–Kier alpha value is -5.98. The van der Waals surface area contributed by atoms with Crippen LogP contribution in [0.2, 0.25) is 0 Å². The van der Waals surface area contributed by atoms with E-state index in [2.05, 4.69) is 184 Å². The van der Waals surface area contributed by atoms with Crippen LogP contribution in [0.25, 0.3) is 87.6 Å². The van der Waals surface area contributed by atoms with Crippen LogP contribution in [0.5, 0.6) is 0 Å². The highest BCUT2D eigenvalue weighted by Gasteiger charge is 2.37. The highest BCUT2D eigenvalue weighted by Crippen LogP contribution is 2.54. The van der Waals surface area contributed by atoms with Crippen LogP contribution in [0.3, 0.4) is 0 Å². The molecule has 0 heteroatoms. The van der Waals surface area contributed by atoms with Crippen molar-refractivity contribution >= 4 is 43.1 Å². The number of benzene rings is 9. The lowest BCUT2D eigenvalue weighted by molar-refractivity contribution is 0.666. The smallest absolute Gasteiger partial charge is 0.0165 e. The quantitative estimate of drug-likeness (QED) is 0.172. The monoisotopic (exact) mass is 622 g/mol. The normalized spacial score (nSPS) is 13.3. The standard InChI is InChI=1S/C49H34/c1-49(2)45-23-13-12-17-37(45)44-30-43(36-16-6-11-22-42(36)48(44)49)47-40-20-9-7-18-38(40)46(39-19-8-10-21-41(39)47)35-27-26-33-28-32(24-25-34(33)29-35)31-14-4-3-5-15-31/h3-30H,1-2H3. The summed E-state index contributed by atoms with van der Waals surface area (Å²) in [5, 5.41) is 10.3. The molecule has 230 valence electrons. The summed E-state index contributed by atoms with van der Waals surface area (Å²) in [5.41, 5.74) is 13.1. The molecule has 0 fully saturated rings. The predicted octanol–water partition coefficient (Wildman–Crippen LogP) is 13.6. The molecule has 0 saturated heterocycles. The third-order valence-electron chi connectivity index (χ3n) is 11.0. The van der Waals surface area contributed by atoms with E-state index in [4.69, 9.17) is 0 Å². The van der Waals surface area contributed by atoms with Gasteiger partial charge in [0.1, 0.15) is 0 Å². The highest BCUT2D eigenvalue weighted by molar-refractivity contribution is 6.24. The zero-order chi connectivity index (χ0) is 32.7. The molecule has 0 N–H and O–H groups in total. The fourth-order valence-corrected chi connectivity index (χ4v) is 8.81. The minimum absolute atomic E-state index is 0.0734. The third kappa shape index (κ3) is 4.11. The van der Waals surface area contributed by atoms with Crippen molar-refractivity contribution in [2.45, 2.75) is 19.3 Å². The molecule has 0 saturated carbocycles. The lowest BCUT2D eigenvalue weighted by atomic mass is 9.78. The van der Waals surface area contributed by atoms with E-state index >= 15 is 0 Å². The van der Waals surface area contributed by atoms with E-state index in [-0.39, 0.29) is 5.41 Å². The molecule has 10 rings (SSSR count). The molecule has 0 heterocycles. The molecule has 0 aliphatic heterocycles. The fourth-order valence-electron chi connectivity index (χ4n) is 8.81. The van der Waals surface area contributed by atoms with Gasteiger partial charge < -0.3 is 0 Å². The van der Waals surface area contributed by atoms with Crippen LogP contribution in [0.15, 0.2) is 170 Å². The van der Waals surface area contributed by atoms with Crippen molar-refractivity contribution in [3.05, 3.63) is 181 Å². The Morgan fingerprint density at radius 2 is 0.837 bits per heavy atom. The first-order valence-electron chi connectivity index (χ1n) is 17.3. The van der Waals surface area contributed by atoms with E-state index in [1.807, 2.05) is 0 Å². The molecular formula is C49H34. The van der Waals surface area contributed by atoms with Crippen molar-refractivity contribution in [1.82, 2.24) is 0 Å². The van der Waals surface area contributed by atoms with E-state index in [1.54, 1.807) is 0 Å². The highest BCUT2D eigenvalue weighted by atomic mass is 14.4. The number of hydrogen-bond acceptors (Lipinski definition) is 0. The summed E-state index contributed by atoms with van der Waals surface area (Å²) in [5.74, 6) is 0. The molecule has 9 aromatic rings. The third-order valence-corrected chi connectivity index (χ3v) is 11.0. The van der Waals surface area contributed by atoms with Crippen LogP contribution >= 0.6 is 0 Å². The van der Waals surface area contributed by atoms with Crippen LogP contribution < -0.4 is 0 Å². The van der Waals surface area contributed by atoms with Gasteiger partial charge in [-0.1, -0.05) is 166 Å².